The first-order valence-electron chi connectivity index (χ1n) is 14.9. The molecule has 1 aliphatic carbocycles. The summed E-state index contributed by atoms with van der Waals surface area (Å²) >= 11 is 6.13. The maximum absolute atomic E-state index is 14.0. The summed E-state index contributed by atoms with van der Waals surface area (Å²) in [6.07, 6.45) is 5.99. The molecule has 7 nitrogen and oxygen atoms in total. The molecule has 1 fully saturated rings. The third kappa shape index (κ3) is 9.31. The first-order chi connectivity index (χ1) is 20.5. The summed E-state index contributed by atoms with van der Waals surface area (Å²) in [6, 6.07) is 21.9. The number of amides is 2. The lowest BCUT2D eigenvalue weighted by Gasteiger charge is -2.33. The molecular formula is C34H42ClN3O4S. The van der Waals surface area contributed by atoms with E-state index >= 15 is 0 Å². The lowest BCUT2D eigenvalue weighted by atomic mass is 10.0. The van der Waals surface area contributed by atoms with E-state index in [9.17, 15) is 18.0 Å². The Bertz CT molecular complexity index is 1490. The van der Waals surface area contributed by atoms with Crippen LogP contribution in [0.1, 0.15) is 60.8 Å². The summed E-state index contributed by atoms with van der Waals surface area (Å²) in [5.74, 6) is -0.364. The molecule has 2 amide bonds. The van der Waals surface area contributed by atoms with Crippen molar-refractivity contribution < 1.29 is 18.0 Å². The molecule has 0 bridgehead atoms. The van der Waals surface area contributed by atoms with Crippen molar-refractivity contribution in [2.75, 3.05) is 17.1 Å². The van der Waals surface area contributed by atoms with E-state index in [2.05, 4.69) is 5.32 Å². The minimum atomic E-state index is -3.57. The van der Waals surface area contributed by atoms with Crippen LogP contribution in [-0.4, -0.2) is 50.0 Å². The monoisotopic (exact) mass is 623 g/mol. The summed E-state index contributed by atoms with van der Waals surface area (Å²) < 4.78 is 26.8. The van der Waals surface area contributed by atoms with Gasteiger partial charge in [0.1, 0.15) is 6.04 Å². The van der Waals surface area contributed by atoms with Crippen molar-refractivity contribution in [2.45, 2.75) is 77.4 Å². The minimum absolute atomic E-state index is 0.0897. The molecule has 0 spiro atoms. The molecule has 1 aliphatic rings. The molecule has 43 heavy (non-hydrogen) atoms. The highest BCUT2D eigenvalue weighted by Gasteiger charge is 2.32. The van der Waals surface area contributed by atoms with Crippen molar-refractivity contribution in [2.24, 2.45) is 0 Å². The van der Waals surface area contributed by atoms with Crippen LogP contribution >= 0.6 is 11.6 Å². The van der Waals surface area contributed by atoms with Gasteiger partial charge in [0.15, 0.2) is 0 Å². The molecule has 0 aliphatic heterocycles. The smallest absolute Gasteiger partial charge is 0.243 e. The van der Waals surface area contributed by atoms with E-state index in [1.807, 2.05) is 68.4 Å². The SMILES string of the molecule is Cc1ccc(N(CCCC(=O)N(Cc2ccc(Cl)cc2)[C@@H](Cc2ccccc2)C(=O)NC2CCCC2)S(C)(=O)=O)cc1C. The van der Waals surface area contributed by atoms with Crippen molar-refractivity contribution >= 4 is 39.1 Å². The fourth-order valence-electron chi connectivity index (χ4n) is 5.59. The average molecular weight is 624 g/mol. The summed E-state index contributed by atoms with van der Waals surface area (Å²) in [6.45, 7) is 4.31. The Kier molecular flexibility index (Phi) is 11.3. The number of hydrogen-bond donors (Lipinski definition) is 1. The quantitative estimate of drug-likeness (QED) is 0.246. The Labute approximate surface area is 261 Å². The Morgan fingerprint density at radius 2 is 1.60 bits per heavy atom. The summed E-state index contributed by atoms with van der Waals surface area (Å²) in [5.41, 5.74) is 4.46. The van der Waals surface area contributed by atoms with Crippen LogP contribution < -0.4 is 9.62 Å². The number of halogens is 1. The summed E-state index contributed by atoms with van der Waals surface area (Å²) in [4.78, 5) is 29.5. The molecule has 1 atom stereocenters. The number of nitrogens with one attached hydrogen (secondary N) is 1. The van der Waals surface area contributed by atoms with Crippen molar-refractivity contribution in [3.63, 3.8) is 0 Å². The molecule has 0 unspecified atom stereocenters. The molecule has 0 heterocycles. The Hall–Kier alpha value is -3.36. The highest BCUT2D eigenvalue weighted by Crippen LogP contribution is 2.24. The van der Waals surface area contributed by atoms with E-state index in [1.165, 1.54) is 10.6 Å². The third-order valence-corrected chi connectivity index (χ3v) is 9.62. The number of carbonyl (C=O) groups is 2. The van der Waals surface area contributed by atoms with Gasteiger partial charge in [-0.05, 0) is 79.6 Å². The van der Waals surface area contributed by atoms with Crippen molar-refractivity contribution in [1.29, 1.82) is 0 Å². The standard InChI is InChI=1S/C34H42ClN3O4S/c1-25-15-20-31(22-26(25)2)38(43(3,41)42)21-9-14-33(39)37(24-28-16-18-29(35)19-17-28)32(23-27-10-5-4-6-11-27)34(40)36-30-12-7-8-13-30/h4-6,10-11,15-20,22,30,32H,7-9,12-14,21,23-24H2,1-3H3,(H,36,40)/t32-/m0/s1. The number of anilines is 1. The molecule has 0 radical (unpaired) electrons. The number of aryl methyl sites for hydroxylation is 2. The number of sulfonamides is 1. The maximum Gasteiger partial charge on any atom is 0.243 e. The first-order valence-corrected chi connectivity index (χ1v) is 17.2. The normalized spacial score (nSPS) is 14.3. The topological polar surface area (TPSA) is 86.8 Å². The summed E-state index contributed by atoms with van der Waals surface area (Å²) in [5, 5.41) is 3.80. The average Bonchev–Trinajstić information content (AvgIpc) is 3.48. The van der Waals surface area contributed by atoms with Gasteiger partial charge in [0.05, 0.1) is 11.9 Å². The van der Waals surface area contributed by atoms with Gasteiger partial charge in [-0.1, -0.05) is 73.0 Å². The van der Waals surface area contributed by atoms with Crippen molar-refractivity contribution in [3.05, 3.63) is 100 Å². The Morgan fingerprint density at radius 1 is 0.930 bits per heavy atom. The molecule has 3 aromatic rings. The highest BCUT2D eigenvalue weighted by atomic mass is 35.5. The first kappa shape index (κ1) is 32.6. The second kappa shape index (κ2) is 14.9. The van der Waals surface area contributed by atoms with Gasteiger partial charge in [-0.15, -0.1) is 0 Å². The lowest BCUT2D eigenvalue weighted by molar-refractivity contribution is -0.141. The number of hydrogen-bond acceptors (Lipinski definition) is 4. The maximum atomic E-state index is 14.0. The molecule has 1 N–H and O–H groups in total. The predicted octanol–water partition coefficient (Wildman–Crippen LogP) is 6.20. The highest BCUT2D eigenvalue weighted by molar-refractivity contribution is 7.92. The van der Waals surface area contributed by atoms with E-state index in [4.69, 9.17) is 11.6 Å². The molecule has 4 rings (SSSR count). The fourth-order valence-corrected chi connectivity index (χ4v) is 6.68. The second-order valence-electron chi connectivity index (χ2n) is 11.6. The van der Waals surface area contributed by atoms with Gasteiger partial charge in [-0.3, -0.25) is 13.9 Å². The van der Waals surface area contributed by atoms with Crippen LogP contribution in [0, 0.1) is 13.8 Å². The zero-order valence-electron chi connectivity index (χ0n) is 25.3. The number of nitrogens with zero attached hydrogens (tertiary/aromatic N) is 2. The van der Waals surface area contributed by atoms with Crippen LogP contribution in [0.25, 0.3) is 0 Å². The molecule has 9 heteroatoms. The van der Waals surface area contributed by atoms with Crippen LogP contribution in [0.15, 0.2) is 72.8 Å². The van der Waals surface area contributed by atoms with Crippen molar-refractivity contribution in [3.8, 4) is 0 Å². The predicted molar refractivity (Wildman–Crippen MR) is 174 cm³/mol. The third-order valence-electron chi connectivity index (χ3n) is 8.17. The van der Waals surface area contributed by atoms with Crippen LogP contribution in [0.4, 0.5) is 5.69 Å². The van der Waals surface area contributed by atoms with Crippen LogP contribution in [0.2, 0.25) is 5.02 Å². The molecule has 0 saturated heterocycles. The van der Waals surface area contributed by atoms with E-state index in [1.54, 1.807) is 23.1 Å². The zero-order valence-corrected chi connectivity index (χ0v) is 26.8. The number of benzene rings is 3. The fraction of sp³-hybridized carbons (Fsp3) is 0.412. The van der Waals surface area contributed by atoms with Gasteiger partial charge in [0.25, 0.3) is 0 Å². The van der Waals surface area contributed by atoms with Crippen LogP contribution in [0.3, 0.4) is 0 Å². The van der Waals surface area contributed by atoms with E-state index in [-0.39, 0.29) is 37.4 Å². The van der Waals surface area contributed by atoms with E-state index in [0.717, 1.165) is 47.9 Å². The van der Waals surface area contributed by atoms with Crippen molar-refractivity contribution in [1.82, 2.24) is 10.2 Å². The molecule has 3 aromatic carbocycles. The van der Waals surface area contributed by atoms with E-state index < -0.39 is 16.1 Å². The van der Waals surface area contributed by atoms with Crippen LogP contribution in [0.5, 0.6) is 0 Å². The molecular weight excluding hydrogens is 582 g/mol. The second-order valence-corrected chi connectivity index (χ2v) is 13.9. The van der Waals surface area contributed by atoms with Crippen LogP contribution in [-0.2, 0) is 32.6 Å². The van der Waals surface area contributed by atoms with Gasteiger partial charge in [0, 0.05) is 37.0 Å². The van der Waals surface area contributed by atoms with Gasteiger partial charge in [0.2, 0.25) is 21.8 Å². The Balaban J connectivity index is 1.58. The minimum Gasteiger partial charge on any atom is -0.352 e. The largest absolute Gasteiger partial charge is 0.352 e. The number of carbonyl (C=O) groups excluding carboxylic acids is 2. The summed E-state index contributed by atoms with van der Waals surface area (Å²) in [7, 11) is -3.57. The number of rotatable bonds is 13. The van der Waals surface area contributed by atoms with Gasteiger partial charge in [-0.25, -0.2) is 8.42 Å². The lowest BCUT2D eigenvalue weighted by Crippen LogP contribution is -2.52. The van der Waals surface area contributed by atoms with Gasteiger partial charge < -0.3 is 10.2 Å². The Morgan fingerprint density at radius 3 is 2.23 bits per heavy atom. The molecule has 0 aromatic heterocycles. The molecule has 1 saturated carbocycles. The van der Waals surface area contributed by atoms with E-state index in [0.29, 0.717) is 23.6 Å². The van der Waals surface area contributed by atoms with Gasteiger partial charge in [-0.2, -0.15) is 0 Å². The molecule has 230 valence electrons. The van der Waals surface area contributed by atoms with Gasteiger partial charge >= 0.3 is 0 Å². The zero-order chi connectivity index (χ0) is 31.0.